The van der Waals surface area contributed by atoms with Crippen LogP contribution in [-0.4, -0.2) is 49.1 Å². The predicted octanol–water partition coefficient (Wildman–Crippen LogP) is 3.37. The monoisotopic (exact) mass is 436 g/mol. The number of fused-ring (bicyclic) bond motifs is 1. The van der Waals surface area contributed by atoms with Crippen LogP contribution in [-0.2, 0) is 17.9 Å². The van der Waals surface area contributed by atoms with Crippen molar-refractivity contribution in [3.05, 3.63) is 72.2 Å². The third-order valence-electron chi connectivity index (χ3n) is 4.40. The summed E-state index contributed by atoms with van der Waals surface area (Å²) < 4.78 is 47.2. The van der Waals surface area contributed by atoms with Gasteiger partial charge in [0.15, 0.2) is 0 Å². The van der Waals surface area contributed by atoms with Crippen LogP contribution in [0.1, 0.15) is 16.3 Å². The predicted molar refractivity (Wildman–Crippen MR) is 100 cm³/mol. The van der Waals surface area contributed by atoms with E-state index < -0.39 is 12.1 Å². The largest absolute Gasteiger partial charge is 0.490 e. The Bertz CT molecular complexity index is 1080. The van der Waals surface area contributed by atoms with E-state index in [-0.39, 0.29) is 11.7 Å². The zero-order valence-corrected chi connectivity index (χ0v) is 15.9. The van der Waals surface area contributed by atoms with Gasteiger partial charge in [-0.05, 0) is 24.3 Å². The summed E-state index contributed by atoms with van der Waals surface area (Å²) in [6.45, 7) is 1.62. The lowest BCUT2D eigenvalue weighted by molar-refractivity contribution is -0.192. The average molecular weight is 436 g/mol. The summed E-state index contributed by atoms with van der Waals surface area (Å²) in [6, 6.07) is 11.8. The first-order valence-corrected chi connectivity index (χ1v) is 8.97. The Labute approximate surface area is 173 Å². The third kappa shape index (κ3) is 5.24. The highest BCUT2D eigenvalue weighted by molar-refractivity contribution is 5.92. The fraction of sp³-hybridized carbons (Fsp3) is 0.200. The van der Waals surface area contributed by atoms with E-state index in [0.29, 0.717) is 25.3 Å². The van der Waals surface area contributed by atoms with Gasteiger partial charge >= 0.3 is 12.1 Å². The summed E-state index contributed by atoms with van der Waals surface area (Å²) >= 11 is 0. The van der Waals surface area contributed by atoms with E-state index in [1.165, 1.54) is 12.1 Å². The van der Waals surface area contributed by atoms with Crippen molar-refractivity contribution in [3.8, 4) is 11.3 Å². The van der Waals surface area contributed by atoms with Gasteiger partial charge in [0.2, 0.25) is 0 Å². The number of aliphatic carboxylic acids is 1. The number of benzene rings is 1. The van der Waals surface area contributed by atoms with Crippen molar-refractivity contribution in [1.82, 2.24) is 19.4 Å². The molecule has 1 aliphatic heterocycles. The number of aromatic nitrogens is 3. The number of alkyl halides is 3. The van der Waals surface area contributed by atoms with Crippen LogP contribution in [0, 0.1) is 5.82 Å². The van der Waals surface area contributed by atoms with Crippen molar-refractivity contribution in [3.63, 3.8) is 0 Å². The van der Waals surface area contributed by atoms with Gasteiger partial charge in [0.25, 0.3) is 5.91 Å². The molecule has 0 saturated heterocycles. The molecule has 3 aromatic rings. The number of halogens is 4. The fourth-order valence-corrected chi connectivity index (χ4v) is 2.96. The van der Waals surface area contributed by atoms with Crippen LogP contribution >= 0.6 is 0 Å². The number of carboxylic acids is 1. The van der Waals surface area contributed by atoms with Gasteiger partial charge in [-0.15, -0.1) is 0 Å². The molecule has 1 N–H and O–H groups in total. The van der Waals surface area contributed by atoms with Gasteiger partial charge in [-0.3, -0.25) is 9.78 Å². The number of imidazole rings is 1. The Morgan fingerprint density at radius 3 is 2.39 bits per heavy atom. The second kappa shape index (κ2) is 8.94. The molecule has 4 rings (SSSR count). The van der Waals surface area contributed by atoms with Gasteiger partial charge in [0.05, 0.1) is 18.4 Å². The Hall–Kier alpha value is -3.76. The number of hydrogen-bond acceptors (Lipinski definition) is 4. The normalized spacial score (nSPS) is 13.1. The molecule has 0 atom stereocenters. The lowest BCUT2D eigenvalue weighted by Crippen LogP contribution is -2.38. The molecular weight excluding hydrogens is 420 g/mol. The van der Waals surface area contributed by atoms with Gasteiger partial charge < -0.3 is 14.6 Å². The molecule has 2 aromatic heterocycles. The van der Waals surface area contributed by atoms with Gasteiger partial charge in [-0.2, -0.15) is 13.2 Å². The highest BCUT2D eigenvalue weighted by Gasteiger charge is 2.38. The van der Waals surface area contributed by atoms with E-state index in [2.05, 4.69) is 9.97 Å². The van der Waals surface area contributed by atoms with Crippen LogP contribution in [0.4, 0.5) is 17.6 Å². The van der Waals surface area contributed by atoms with Crippen molar-refractivity contribution in [2.24, 2.45) is 0 Å². The van der Waals surface area contributed by atoms with Gasteiger partial charge in [-0.25, -0.2) is 14.2 Å². The van der Waals surface area contributed by atoms with E-state index in [4.69, 9.17) is 9.90 Å². The molecule has 0 unspecified atom stereocenters. The lowest BCUT2D eigenvalue weighted by atomic mass is 10.1. The number of amides is 1. The zero-order chi connectivity index (χ0) is 22.6. The SMILES string of the molecule is O=C(O)C(F)(F)F.O=C(c1ccccn1)N1CCn2c(-c3cccc(F)c3)cnc2C1. The molecule has 1 aliphatic rings. The maximum Gasteiger partial charge on any atom is 0.490 e. The molecule has 0 fully saturated rings. The number of rotatable bonds is 2. The molecule has 1 aromatic carbocycles. The summed E-state index contributed by atoms with van der Waals surface area (Å²) in [6.07, 6.45) is -1.74. The summed E-state index contributed by atoms with van der Waals surface area (Å²) in [5, 5.41) is 7.12. The minimum absolute atomic E-state index is 0.0999. The van der Waals surface area contributed by atoms with Crippen LogP contribution in [0.2, 0.25) is 0 Å². The summed E-state index contributed by atoms with van der Waals surface area (Å²) in [5.41, 5.74) is 2.09. The molecule has 162 valence electrons. The molecule has 0 bridgehead atoms. The topological polar surface area (TPSA) is 88.3 Å². The van der Waals surface area contributed by atoms with E-state index >= 15 is 0 Å². The minimum Gasteiger partial charge on any atom is -0.475 e. The van der Waals surface area contributed by atoms with Crippen molar-refractivity contribution in [2.75, 3.05) is 6.54 Å². The Morgan fingerprint density at radius 1 is 1.03 bits per heavy atom. The first kappa shape index (κ1) is 21.9. The van der Waals surface area contributed by atoms with Crippen LogP contribution in [0.5, 0.6) is 0 Å². The van der Waals surface area contributed by atoms with E-state index in [0.717, 1.165) is 17.1 Å². The van der Waals surface area contributed by atoms with Crippen molar-refractivity contribution >= 4 is 11.9 Å². The third-order valence-corrected chi connectivity index (χ3v) is 4.40. The molecule has 3 heterocycles. The van der Waals surface area contributed by atoms with Crippen LogP contribution in [0.3, 0.4) is 0 Å². The maximum absolute atomic E-state index is 13.5. The van der Waals surface area contributed by atoms with Crippen LogP contribution < -0.4 is 0 Å². The van der Waals surface area contributed by atoms with E-state index in [1.54, 1.807) is 41.6 Å². The first-order valence-electron chi connectivity index (χ1n) is 8.97. The summed E-state index contributed by atoms with van der Waals surface area (Å²) in [4.78, 5) is 31.7. The molecule has 0 aliphatic carbocycles. The number of carboxylic acid groups (broad SMARTS) is 1. The summed E-state index contributed by atoms with van der Waals surface area (Å²) in [7, 11) is 0. The van der Waals surface area contributed by atoms with E-state index in [1.807, 2.05) is 10.6 Å². The average Bonchev–Trinajstić information content (AvgIpc) is 3.17. The Kier molecular flexibility index (Phi) is 6.33. The zero-order valence-electron chi connectivity index (χ0n) is 15.9. The van der Waals surface area contributed by atoms with Crippen LogP contribution in [0.15, 0.2) is 54.9 Å². The molecule has 1 amide bonds. The molecular formula is C20H16F4N4O3. The number of carbonyl (C=O) groups excluding carboxylic acids is 1. The second-order valence-electron chi connectivity index (χ2n) is 6.47. The highest BCUT2D eigenvalue weighted by atomic mass is 19.4. The van der Waals surface area contributed by atoms with Gasteiger partial charge in [-0.1, -0.05) is 18.2 Å². The lowest BCUT2D eigenvalue weighted by Gasteiger charge is -2.28. The molecule has 11 heteroatoms. The highest BCUT2D eigenvalue weighted by Crippen LogP contribution is 2.25. The molecule has 0 spiro atoms. The van der Waals surface area contributed by atoms with Crippen molar-refractivity contribution in [2.45, 2.75) is 19.3 Å². The quantitative estimate of drug-likeness (QED) is 0.623. The van der Waals surface area contributed by atoms with Gasteiger partial charge in [0.1, 0.15) is 17.3 Å². The summed E-state index contributed by atoms with van der Waals surface area (Å²) in [5.74, 6) is -2.33. The van der Waals surface area contributed by atoms with Crippen molar-refractivity contribution < 1.29 is 32.3 Å². The minimum atomic E-state index is -5.08. The number of hydrogen-bond donors (Lipinski definition) is 1. The standard InChI is InChI=1S/C18H15FN4O.C2HF3O2/c19-14-5-3-4-13(10-14)16-11-21-17-12-22(8-9-23(16)17)18(24)15-6-1-2-7-20-15;3-2(4,5)1(6)7/h1-7,10-11H,8-9,12H2;(H,6,7). The Morgan fingerprint density at radius 2 is 1.77 bits per heavy atom. The first-order chi connectivity index (χ1) is 14.7. The van der Waals surface area contributed by atoms with Crippen molar-refractivity contribution in [1.29, 1.82) is 0 Å². The molecule has 7 nitrogen and oxygen atoms in total. The number of pyridine rings is 1. The maximum atomic E-state index is 13.5. The second-order valence-corrected chi connectivity index (χ2v) is 6.47. The smallest absolute Gasteiger partial charge is 0.475 e. The number of carbonyl (C=O) groups is 2. The van der Waals surface area contributed by atoms with Crippen LogP contribution in [0.25, 0.3) is 11.3 Å². The molecule has 31 heavy (non-hydrogen) atoms. The molecule has 0 saturated carbocycles. The van der Waals surface area contributed by atoms with E-state index in [9.17, 15) is 22.4 Å². The molecule has 0 radical (unpaired) electrons. The van der Waals surface area contributed by atoms with Gasteiger partial charge in [0, 0.05) is 24.8 Å². The fourth-order valence-electron chi connectivity index (χ4n) is 2.96. The Balaban J connectivity index is 0.000000339. The number of nitrogens with zero attached hydrogens (tertiary/aromatic N) is 4.